The van der Waals surface area contributed by atoms with Crippen LogP contribution in [0.25, 0.3) is 21.3 Å². The molecule has 1 aliphatic carbocycles. The number of hydrogen-bond acceptors (Lipinski definition) is 9. The molecule has 12 heteroatoms. The van der Waals surface area contributed by atoms with E-state index in [0.717, 1.165) is 10.8 Å². The molecule has 162 valence electrons. The van der Waals surface area contributed by atoms with E-state index in [9.17, 15) is 30.2 Å². The van der Waals surface area contributed by atoms with E-state index in [-0.39, 0.29) is 33.7 Å². The highest BCUT2D eigenvalue weighted by atomic mass is 32.1. The van der Waals surface area contributed by atoms with Gasteiger partial charge in [-0.2, -0.15) is 0 Å². The average molecular weight is 461 g/mol. The van der Waals surface area contributed by atoms with Crippen LogP contribution in [0.3, 0.4) is 0 Å². The predicted molar refractivity (Wildman–Crippen MR) is 120 cm³/mol. The Bertz CT molecular complexity index is 1510. The van der Waals surface area contributed by atoms with Crippen LogP contribution >= 0.6 is 11.3 Å². The van der Waals surface area contributed by atoms with E-state index in [4.69, 9.17) is 0 Å². The van der Waals surface area contributed by atoms with Crippen LogP contribution in [0.2, 0.25) is 0 Å². The van der Waals surface area contributed by atoms with Crippen LogP contribution in [0, 0.1) is 20.2 Å². The van der Waals surface area contributed by atoms with E-state index in [0.29, 0.717) is 16.2 Å². The zero-order chi connectivity index (χ0) is 23.3. The van der Waals surface area contributed by atoms with Gasteiger partial charge in [0, 0.05) is 41.0 Å². The third-order valence-electron chi connectivity index (χ3n) is 5.19. The van der Waals surface area contributed by atoms with Gasteiger partial charge >= 0.3 is 0 Å². The minimum Gasteiger partial charge on any atom is -0.410 e. The molecule has 0 saturated carbocycles. The van der Waals surface area contributed by atoms with Crippen molar-refractivity contribution < 1.29 is 19.8 Å². The topological polar surface area (TPSA) is 161 Å². The molecule has 33 heavy (non-hydrogen) atoms. The average Bonchev–Trinajstić information content (AvgIpc) is 3.35. The molecule has 2 N–H and O–H groups in total. The molecular weight excluding hydrogens is 450 g/mol. The van der Waals surface area contributed by atoms with Gasteiger partial charge in [0.1, 0.15) is 5.71 Å². The summed E-state index contributed by atoms with van der Waals surface area (Å²) in [5.41, 5.74) is 0.866. The van der Waals surface area contributed by atoms with Gasteiger partial charge in [-0.05, 0) is 23.8 Å². The van der Waals surface area contributed by atoms with Gasteiger partial charge in [-0.25, -0.2) is 4.98 Å². The van der Waals surface area contributed by atoms with Crippen molar-refractivity contribution in [3.05, 3.63) is 91.5 Å². The number of nitro benzene ring substituents is 2. The molecule has 0 radical (unpaired) electrons. The van der Waals surface area contributed by atoms with Crippen molar-refractivity contribution in [2.24, 2.45) is 5.16 Å². The first kappa shape index (κ1) is 20.2. The fraction of sp³-hybridized carbons (Fsp3) is 0. The quantitative estimate of drug-likeness (QED) is 0.225. The molecule has 0 saturated heterocycles. The minimum absolute atomic E-state index is 0.0489. The number of oxime groups is 1. The molecule has 11 nitrogen and oxygen atoms in total. The van der Waals surface area contributed by atoms with E-state index < -0.39 is 21.4 Å². The molecule has 0 atom stereocenters. The number of hydrogen-bond donors (Lipinski definition) is 2. The molecule has 4 aromatic rings. The lowest BCUT2D eigenvalue weighted by atomic mass is 9.97. The second-order valence-corrected chi connectivity index (χ2v) is 8.08. The maximum absolute atomic E-state index is 13.2. The zero-order valence-electron chi connectivity index (χ0n) is 16.4. The van der Waals surface area contributed by atoms with Gasteiger partial charge in [-0.3, -0.25) is 30.3 Å². The number of carbonyl (C=O) groups excluding carboxylic acids is 1. The molecule has 3 aromatic carbocycles. The standard InChI is InChI=1S/C21H11N5O6S/c27-20(23-21-22-16-3-1-2-4-17(16)33-21)15-9-11(26(31)32)8-14-18(15)12-6-5-10(25(29)30)7-13(12)19(14)24-28/h1-9,28H,(H,22,23,27)/b24-19+. The second kappa shape index (κ2) is 7.46. The Kier molecular flexibility index (Phi) is 4.57. The maximum Gasteiger partial charge on any atom is 0.270 e. The van der Waals surface area contributed by atoms with Gasteiger partial charge in [0.25, 0.3) is 17.3 Å². The lowest BCUT2D eigenvalue weighted by Crippen LogP contribution is -2.14. The fourth-order valence-corrected chi connectivity index (χ4v) is 4.65. The van der Waals surface area contributed by atoms with Crippen LogP contribution in [-0.4, -0.2) is 31.7 Å². The Hall–Kier alpha value is -4.71. The number of para-hydroxylation sites is 1. The molecule has 1 aromatic heterocycles. The summed E-state index contributed by atoms with van der Waals surface area (Å²) in [6.07, 6.45) is 0. The van der Waals surface area contributed by atoms with E-state index in [1.165, 1.54) is 35.6 Å². The smallest absolute Gasteiger partial charge is 0.270 e. The van der Waals surface area contributed by atoms with Crippen LogP contribution in [0.15, 0.2) is 59.8 Å². The van der Waals surface area contributed by atoms with Gasteiger partial charge < -0.3 is 5.21 Å². The van der Waals surface area contributed by atoms with Crippen molar-refractivity contribution in [2.75, 3.05) is 5.32 Å². The number of nitrogens with one attached hydrogen (secondary N) is 1. The second-order valence-electron chi connectivity index (χ2n) is 7.05. The Morgan fingerprint density at radius 3 is 2.39 bits per heavy atom. The zero-order valence-corrected chi connectivity index (χ0v) is 17.2. The number of fused-ring (bicyclic) bond motifs is 4. The Labute approximate surface area is 187 Å². The summed E-state index contributed by atoms with van der Waals surface area (Å²) in [5, 5.41) is 38.5. The lowest BCUT2D eigenvalue weighted by molar-refractivity contribution is -0.385. The van der Waals surface area contributed by atoms with Crippen molar-refractivity contribution in [1.82, 2.24) is 4.98 Å². The number of nitro groups is 2. The number of anilines is 1. The van der Waals surface area contributed by atoms with Gasteiger partial charge in [0.05, 0.1) is 25.6 Å². The monoisotopic (exact) mass is 461 g/mol. The first-order chi connectivity index (χ1) is 15.9. The van der Waals surface area contributed by atoms with Crippen LogP contribution in [0.4, 0.5) is 16.5 Å². The first-order valence-corrected chi connectivity index (χ1v) is 10.2. The molecule has 0 bridgehead atoms. The molecule has 0 unspecified atom stereocenters. The number of aromatic nitrogens is 1. The van der Waals surface area contributed by atoms with E-state index >= 15 is 0 Å². The third kappa shape index (κ3) is 3.25. The number of thiazole rings is 1. The van der Waals surface area contributed by atoms with Crippen LogP contribution in [-0.2, 0) is 0 Å². The molecule has 1 heterocycles. The summed E-state index contributed by atoms with van der Waals surface area (Å²) in [6.45, 7) is 0. The van der Waals surface area contributed by atoms with Crippen molar-refractivity contribution >= 4 is 49.7 Å². The van der Waals surface area contributed by atoms with Crippen LogP contribution in [0.1, 0.15) is 21.5 Å². The molecular formula is C21H11N5O6S. The van der Waals surface area contributed by atoms with Gasteiger partial charge in [-0.1, -0.05) is 28.6 Å². The summed E-state index contributed by atoms with van der Waals surface area (Å²) in [4.78, 5) is 39.0. The third-order valence-corrected chi connectivity index (χ3v) is 6.14. The Morgan fingerprint density at radius 1 is 0.970 bits per heavy atom. The molecule has 0 fully saturated rings. The van der Waals surface area contributed by atoms with Gasteiger partial charge in [-0.15, -0.1) is 0 Å². The predicted octanol–water partition coefficient (Wildman–Crippen LogP) is 4.57. The largest absolute Gasteiger partial charge is 0.410 e. The number of amides is 1. The van der Waals surface area contributed by atoms with E-state index in [1.807, 2.05) is 18.2 Å². The number of carbonyl (C=O) groups is 1. The highest BCUT2D eigenvalue weighted by Gasteiger charge is 2.34. The summed E-state index contributed by atoms with van der Waals surface area (Å²) in [6, 6.07) is 13.5. The number of rotatable bonds is 4. The van der Waals surface area contributed by atoms with Gasteiger partial charge in [0.2, 0.25) is 0 Å². The van der Waals surface area contributed by atoms with Crippen molar-refractivity contribution in [1.29, 1.82) is 0 Å². The van der Waals surface area contributed by atoms with Gasteiger partial charge in [0.15, 0.2) is 5.13 Å². The summed E-state index contributed by atoms with van der Waals surface area (Å²) >= 11 is 1.24. The summed E-state index contributed by atoms with van der Waals surface area (Å²) < 4.78 is 0.851. The van der Waals surface area contributed by atoms with Crippen molar-refractivity contribution in [2.45, 2.75) is 0 Å². The lowest BCUT2D eigenvalue weighted by Gasteiger charge is -2.09. The normalized spacial score (nSPS) is 13.0. The first-order valence-electron chi connectivity index (χ1n) is 9.38. The molecule has 0 aliphatic heterocycles. The molecule has 1 aliphatic rings. The van der Waals surface area contributed by atoms with Crippen molar-refractivity contribution in [3.63, 3.8) is 0 Å². The molecule has 0 spiro atoms. The summed E-state index contributed by atoms with van der Waals surface area (Å²) in [7, 11) is 0. The SMILES string of the molecule is O=C(Nc1nc2ccccc2s1)c1cc([N+](=O)[O-])cc2c1-c1ccc([N+](=O)[O-])cc1/C2=N\O. The molecule has 5 rings (SSSR count). The highest BCUT2D eigenvalue weighted by Crippen LogP contribution is 2.43. The number of benzene rings is 3. The molecule has 1 amide bonds. The Balaban J connectivity index is 1.67. The van der Waals surface area contributed by atoms with Crippen molar-refractivity contribution in [3.8, 4) is 11.1 Å². The Morgan fingerprint density at radius 2 is 1.70 bits per heavy atom. The highest BCUT2D eigenvalue weighted by molar-refractivity contribution is 7.22. The van der Waals surface area contributed by atoms with Crippen LogP contribution in [0.5, 0.6) is 0 Å². The summed E-state index contributed by atoms with van der Waals surface area (Å²) in [5.74, 6) is -0.655. The minimum atomic E-state index is -0.671. The number of non-ortho nitro benzene ring substituents is 2. The van der Waals surface area contributed by atoms with E-state index in [2.05, 4.69) is 15.5 Å². The fourth-order valence-electron chi connectivity index (χ4n) is 3.79. The number of nitrogens with zero attached hydrogens (tertiary/aromatic N) is 4. The van der Waals surface area contributed by atoms with E-state index in [1.54, 1.807) is 6.07 Å². The van der Waals surface area contributed by atoms with Crippen LogP contribution < -0.4 is 5.32 Å². The maximum atomic E-state index is 13.2.